The monoisotopic (exact) mass is 239 g/mol. The summed E-state index contributed by atoms with van der Waals surface area (Å²) in [5.41, 5.74) is 6.52. The molecule has 0 radical (unpaired) electrons. The van der Waals surface area contributed by atoms with Gasteiger partial charge in [-0.15, -0.1) is 0 Å². The molecule has 96 valence electrons. The third kappa shape index (κ3) is 4.23. The lowest BCUT2D eigenvalue weighted by Gasteiger charge is -2.18. The molecule has 1 aromatic carbocycles. The summed E-state index contributed by atoms with van der Waals surface area (Å²) < 4.78 is 13.2. The summed E-state index contributed by atoms with van der Waals surface area (Å²) in [6.45, 7) is 8.31. The molecule has 0 heterocycles. The van der Waals surface area contributed by atoms with E-state index in [0.717, 1.165) is 32.6 Å². The Morgan fingerprint density at radius 2 is 2.00 bits per heavy atom. The zero-order valence-electron chi connectivity index (χ0n) is 10.7. The van der Waals surface area contributed by atoms with Crippen LogP contribution in [0.1, 0.15) is 20.3 Å². The molecule has 0 saturated heterocycles. The van der Waals surface area contributed by atoms with Crippen molar-refractivity contribution in [2.24, 2.45) is 0 Å². The Hall–Kier alpha value is -1.29. The van der Waals surface area contributed by atoms with E-state index < -0.39 is 0 Å². The van der Waals surface area contributed by atoms with Gasteiger partial charge < -0.3 is 16.0 Å². The van der Waals surface area contributed by atoms with Gasteiger partial charge in [-0.2, -0.15) is 0 Å². The topological polar surface area (TPSA) is 41.3 Å². The smallest absolute Gasteiger partial charge is 0.148 e. The third-order valence-corrected chi connectivity index (χ3v) is 2.91. The van der Waals surface area contributed by atoms with Crippen LogP contribution < -0.4 is 11.1 Å². The van der Waals surface area contributed by atoms with Gasteiger partial charge in [-0.1, -0.05) is 19.9 Å². The quantitative estimate of drug-likeness (QED) is 0.567. The summed E-state index contributed by atoms with van der Waals surface area (Å²) >= 11 is 0. The first-order valence-corrected chi connectivity index (χ1v) is 6.19. The van der Waals surface area contributed by atoms with Crippen LogP contribution >= 0.6 is 0 Å². The van der Waals surface area contributed by atoms with Gasteiger partial charge in [0.2, 0.25) is 0 Å². The van der Waals surface area contributed by atoms with E-state index in [0.29, 0.717) is 5.69 Å². The molecule has 0 aliphatic heterocycles. The number of anilines is 2. The van der Waals surface area contributed by atoms with E-state index in [4.69, 9.17) is 5.73 Å². The summed E-state index contributed by atoms with van der Waals surface area (Å²) in [6.07, 6.45) is 1.03. The number of nitrogens with zero attached hydrogens (tertiary/aromatic N) is 1. The molecular formula is C13H22FN3. The molecule has 0 aliphatic carbocycles. The molecule has 0 aliphatic rings. The molecule has 0 amide bonds. The standard InChI is InChI=1S/C13H22FN3/c1-3-17(4-2)10-6-9-16-12-8-5-7-11(14)13(12)15/h5,7-8,16H,3-4,6,9-10,15H2,1-2H3. The Labute approximate surface area is 103 Å². The lowest BCUT2D eigenvalue weighted by molar-refractivity contribution is 0.303. The van der Waals surface area contributed by atoms with Gasteiger partial charge in [0.05, 0.1) is 11.4 Å². The van der Waals surface area contributed by atoms with Crippen LogP contribution in [0, 0.1) is 5.82 Å². The molecular weight excluding hydrogens is 217 g/mol. The number of hydrogen-bond donors (Lipinski definition) is 2. The van der Waals surface area contributed by atoms with Crippen LogP contribution in [-0.4, -0.2) is 31.1 Å². The van der Waals surface area contributed by atoms with Crippen molar-refractivity contribution in [1.29, 1.82) is 0 Å². The second-order valence-electron chi connectivity index (χ2n) is 4.01. The number of nitrogens with two attached hydrogens (primary N) is 1. The van der Waals surface area contributed by atoms with Gasteiger partial charge in [0.25, 0.3) is 0 Å². The van der Waals surface area contributed by atoms with E-state index in [-0.39, 0.29) is 11.5 Å². The number of nitrogen functional groups attached to an aromatic ring is 1. The number of nitrogens with one attached hydrogen (secondary N) is 1. The van der Waals surface area contributed by atoms with Crippen LogP contribution in [0.5, 0.6) is 0 Å². The fourth-order valence-electron chi connectivity index (χ4n) is 1.76. The first-order chi connectivity index (χ1) is 8.19. The molecule has 0 unspecified atom stereocenters. The maximum Gasteiger partial charge on any atom is 0.148 e. The highest BCUT2D eigenvalue weighted by atomic mass is 19.1. The number of benzene rings is 1. The molecule has 17 heavy (non-hydrogen) atoms. The van der Waals surface area contributed by atoms with Gasteiger partial charge in [0.1, 0.15) is 5.82 Å². The van der Waals surface area contributed by atoms with Gasteiger partial charge in [-0.25, -0.2) is 4.39 Å². The van der Waals surface area contributed by atoms with Gasteiger partial charge >= 0.3 is 0 Å². The normalized spacial score (nSPS) is 10.8. The summed E-state index contributed by atoms with van der Waals surface area (Å²) in [4.78, 5) is 2.36. The Bertz CT molecular complexity index is 337. The molecule has 0 spiro atoms. The molecule has 0 atom stereocenters. The van der Waals surface area contributed by atoms with E-state index in [1.165, 1.54) is 6.07 Å². The maximum absolute atomic E-state index is 13.2. The molecule has 4 heteroatoms. The van der Waals surface area contributed by atoms with Crippen LogP contribution in [0.25, 0.3) is 0 Å². The van der Waals surface area contributed by atoms with E-state index in [1.807, 2.05) is 0 Å². The second kappa shape index (κ2) is 7.12. The van der Waals surface area contributed by atoms with E-state index in [9.17, 15) is 4.39 Å². The Kier molecular flexibility index (Phi) is 5.77. The van der Waals surface area contributed by atoms with Crippen LogP contribution in [0.3, 0.4) is 0 Å². The summed E-state index contributed by atoms with van der Waals surface area (Å²) in [6, 6.07) is 4.84. The lowest BCUT2D eigenvalue weighted by Crippen LogP contribution is -2.25. The molecule has 3 nitrogen and oxygen atoms in total. The SMILES string of the molecule is CCN(CC)CCCNc1cccc(F)c1N. The van der Waals surface area contributed by atoms with Gasteiger partial charge in [0, 0.05) is 6.54 Å². The minimum absolute atomic E-state index is 0.204. The maximum atomic E-state index is 13.2. The first kappa shape index (κ1) is 13.8. The van der Waals surface area contributed by atoms with Crippen LogP contribution in [0.2, 0.25) is 0 Å². The predicted octanol–water partition coefficient (Wildman–Crippen LogP) is 2.55. The van der Waals surface area contributed by atoms with Crippen LogP contribution in [0.15, 0.2) is 18.2 Å². The highest BCUT2D eigenvalue weighted by molar-refractivity contribution is 5.66. The van der Waals surface area contributed by atoms with E-state index >= 15 is 0 Å². The summed E-state index contributed by atoms with van der Waals surface area (Å²) in [5, 5.41) is 3.17. The largest absolute Gasteiger partial charge is 0.395 e. The molecule has 1 rings (SSSR count). The number of rotatable bonds is 7. The van der Waals surface area contributed by atoms with Gasteiger partial charge in [0.15, 0.2) is 0 Å². The lowest BCUT2D eigenvalue weighted by atomic mass is 10.2. The fourth-order valence-corrected chi connectivity index (χ4v) is 1.76. The number of hydrogen-bond acceptors (Lipinski definition) is 3. The summed E-state index contributed by atoms with van der Waals surface area (Å²) in [7, 11) is 0. The predicted molar refractivity (Wildman–Crippen MR) is 71.7 cm³/mol. The molecule has 0 saturated carbocycles. The Morgan fingerprint density at radius 3 is 2.65 bits per heavy atom. The van der Waals surface area contributed by atoms with Crippen molar-refractivity contribution in [1.82, 2.24) is 4.90 Å². The van der Waals surface area contributed by atoms with Crippen molar-refractivity contribution in [2.75, 3.05) is 37.2 Å². The summed E-state index contributed by atoms with van der Waals surface area (Å²) in [5.74, 6) is -0.362. The molecule has 0 fully saturated rings. The van der Waals surface area contributed by atoms with Crippen molar-refractivity contribution in [3.05, 3.63) is 24.0 Å². The minimum Gasteiger partial charge on any atom is -0.395 e. The average molecular weight is 239 g/mol. The van der Waals surface area contributed by atoms with Crippen molar-refractivity contribution in [2.45, 2.75) is 20.3 Å². The van der Waals surface area contributed by atoms with Crippen molar-refractivity contribution >= 4 is 11.4 Å². The zero-order valence-corrected chi connectivity index (χ0v) is 10.7. The number of halogens is 1. The van der Waals surface area contributed by atoms with E-state index in [2.05, 4.69) is 24.1 Å². The minimum atomic E-state index is -0.362. The second-order valence-corrected chi connectivity index (χ2v) is 4.01. The van der Waals surface area contributed by atoms with Crippen LogP contribution in [0.4, 0.5) is 15.8 Å². The molecule has 3 N–H and O–H groups in total. The highest BCUT2D eigenvalue weighted by Gasteiger charge is 2.03. The fraction of sp³-hybridized carbons (Fsp3) is 0.538. The molecule has 0 bridgehead atoms. The van der Waals surface area contributed by atoms with Crippen LogP contribution in [-0.2, 0) is 0 Å². The third-order valence-electron chi connectivity index (χ3n) is 2.91. The Balaban J connectivity index is 2.33. The molecule has 1 aromatic rings. The van der Waals surface area contributed by atoms with Crippen molar-refractivity contribution in [3.63, 3.8) is 0 Å². The zero-order chi connectivity index (χ0) is 12.7. The van der Waals surface area contributed by atoms with Crippen molar-refractivity contribution < 1.29 is 4.39 Å². The van der Waals surface area contributed by atoms with E-state index in [1.54, 1.807) is 12.1 Å². The highest BCUT2D eigenvalue weighted by Crippen LogP contribution is 2.20. The Morgan fingerprint density at radius 1 is 1.29 bits per heavy atom. The van der Waals surface area contributed by atoms with Gasteiger partial charge in [-0.05, 0) is 38.2 Å². The average Bonchev–Trinajstić information content (AvgIpc) is 2.34. The first-order valence-electron chi connectivity index (χ1n) is 6.19. The number of para-hydroxylation sites is 1. The van der Waals surface area contributed by atoms with Crippen molar-refractivity contribution in [3.8, 4) is 0 Å². The van der Waals surface area contributed by atoms with Gasteiger partial charge in [-0.3, -0.25) is 0 Å². The molecule has 0 aromatic heterocycles.